The second-order valence-electron chi connectivity index (χ2n) is 7.31. The van der Waals surface area contributed by atoms with Crippen LogP contribution in [0.15, 0.2) is 6.07 Å². The maximum Gasteiger partial charge on any atom is 0.246 e. The number of aromatic nitrogens is 2. The van der Waals surface area contributed by atoms with Crippen molar-refractivity contribution in [3.63, 3.8) is 0 Å². The van der Waals surface area contributed by atoms with Gasteiger partial charge in [0.15, 0.2) is 0 Å². The highest BCUT2D eigenvalue weighted by Gasteiger charge is 2.38. The summed E-state index contributed by atoms with van der Waals surface area (Å²) in [5.74, 6) is 1.14. The second kappa shape index (κ2) is 7.66. The number of anilines is 1. The fraction of sp³-hybridized carbons (Fsp3) is 0.765. The summed E-state index contributed by atoms with van der Waals surface area (Å²) in [6, 6.07) is 1.17. The first kappa shape index (κ1) is 19.3. The highest BCUT2D eigenvalue weighted by Crippen LogP contribution is 2.29. The van der Waals surface area contributed by atoms with Crippen molar-refractivity contribution in [1.29, 1.82) is 0 Å². The second-order valence-corrected chi connectivity index (χ2v) is 9.24. The van der Waals surface area contributed by atoms with Gasteiger partial charge in [-0.3, -0.25) is 14.4 Å². The maximum absolute atomic E-state index is 13.1. The first-order chi connectivity index (χ1) is 12.3. The Morgan fingerprint density at radius 1 is 1.35 bits per heavy atom. The third-order valence-corrected chi connectivity index (χ3v) is 6.23. The molecule has 0 radical (unpaired) electrons. The van der Waals surface area contributed by atoms with E-state index < -0.39 is 16.1 Å². The van der Waals surface area contributed by atoms with Crippen molar-refractivity contribution < 1.29 is 17.9 Å². The third-order valence-electron chi connectivity index (χ3n) is 4.94. The smallest absolute Gasteiger partial charge is 0.246 e. The van der Waals surface area contributed by atoms with Gasteiger partial charge < -0.3 is 4.74 Å². The molecule has 3 rings (SSSR count). The standard InChI is InChI=1S/C17H28N4O4S/c1-13-11-16(19(2)18-13)20-8-4-5-15(17(20)22)21(26(3,23)24)9-10-25-12-14-6-7-14/h11,14-15H,4-10,12H2,1-3H3. The van der Waals surface area contributed by atoms with Crippen molar-refractivity contribution in [1.82, 2.24) is 14.1 Å². The van der Waals surface area contributed by atoms with Crippen LogP contribution in [0.2, 0.25) is 0 Å². The van der Waals surface area contributed by atoms with Gasteiger partial charge in [-0.15, -0.1) is 0 Å². The molecular weight excluding hydrogens is 356 g/mol. The van der Waals surface area contributed by atoms with Crippen molar-refractivity contribution in [2.75, 3.05) is 37.5 Å². The molecule has 1 amide bonds. The number of piperidine rings is 1. The molecule has 0 N–H and O–H groups in total. The molecule has 9 heteroatoms. The molecule has 146 valence electrons. The number of hydrogen-bond acceptors (Lipinski definition) is 5. The molecule has 1 aromatic rings. The highest BCUT2D eigenvalue weighted by atomic mass is 32.2. The Balaban J connectivity index is 1.72. The molecule has 8 nitrogen and oxygen atoms in total. The summed E-state index contributed by atoms with van der Waals surface area (Å²) in [6.07, 6.45) is 4.82. The predicted octanol–water partition coefficient (Wildman–Crippen LogP) is 0.912. The van der Waals surface area contributed by atoms with E-state index in [1.54, 1.807) is 16.6 Å². The van der Waals surface area contributed by atoms with Crippen molar-refractivity contribution >= 4 is 21.7 Å². The number of amides is 1. The minimum atomic E-state index is -3.51. The summed E-state index contributed by atoms with van der Waals surface area (Å²) in [5, 5.41) is 4.29. The summed E-state index contributed by atoms with van der Waals surface area (Å²) < 4.78 is 33.2. The van der Waals surface area contributed by atoms with Gasteiger partial charge in [0.2, 0.25) is 15.9 Å². The normalized spacial score (nSPS) is 21.6. The van der Waals surface area contributed by atoms with Crippen LogP contribution in [0.4, 0.5) is 5.82 Å². The minimum absolute atomic E-state index is 0.188. The summed E-state index contributed by atoms with van der Waals surface area (Å²) in [6.45, 7) is 3.65. The zero-order valence-electron chi connectivity index (χ0n) is 15.7. The number of nitrogens with zero attached hydrogens (tertiary/aromatic N) is 4. The molecule has 1 aromatic heterocycles. The van der Waals surface area contributed by atoms with Gasteiger partial charge in [-0.1, -0.05) is 0 Å². The monoisotopic (exact) mass is 384 g/mol. The summed E-state index contributed by atoms with van der Waals surface area (Å²) in [4.78, 5) is 14.7. The summed E-state index contributed by atoms with van der Waals surface area (Å²) in [5.41, 5.74) is 0.825. The third kappa shape index (κ3) is 4.44. The molecule has 2 aliphatic rings. The van der Waals surface area contributed by atoms with Crippen LogP contribution in [-0.2, 0) is 26.6 Å². The number of hydrogen-bond donors (Lipinski definition) is 0. The van der Waals surface area contributed by atoms with E-state index >= 15 is 0 Å². The van der Waals surface area contributed by atoms with E-state index in [0.717, 1.165) is 18.4 Å². The molecule has 1 aliphatic heterocycles. The lowest BCUT2D eigenvalue weighted by atomic mass is 10.0. The van der Waals surface area contributed by atoms with Gasteiger partial charge in [-0.2, -0.15) is 9.40 Å². The molecule has 1 atom stereocenters. The van der Waals surface area contributed by atoms with Crippen LogP contribution in [-0.4, -0.2) is 67.0 Å². The van der Waals surface area contributed by atoms with Crippen molar-refractivity contribution in [3.05, 3.63) is 11.8 Å². The molecule has 1 unspecified atom stereocenters. The lowest BCUT2D eigenvalue weighted by Crippen LogP contribution is -2.55. The number of carbonyl (C=O) groups excluding carboxylic acids is 1. The molecule has 1 saturated carbocycles. The summed E-state index contributed by atoms with van der Waals surface area (Å²) in [7, 11) is -1.72. The van der Waals surface area contributed by atoms with E-state index in [1.165, 1.54) is 17.1 Å². The zero-order valence-corrected chi connectivity index (χ0v) is 16.5. The van der Waals surface area contributed by atoms with Crippen LogP contribution >= 0.6 is 0 Å². The molecule has 1 saturated heterocycles. The molecule has 2 heterocycles. The fourth-order valence-corrected chi connectivity index (χ4v) is 4.51. The quantitative estimate of drug-likeness (QED) is 0.622. The van der Waals surface area contributed by atoms with Gasteiger partial charge in [-0.25, -0.2) is 8.42 Å². The molecule has 26 heavy (non-hydrogen) atoms. The maximum atomic E-state index is 13.1. The SMILES string of the molecule is Cc1cc(N2CCCC(N(CCOCC3CC3)S(C)(=O)=O)C2=O)n(C)n1. The Morgan fingerprint density at radius 3 is 2.65 bits per heavy atom. The highest BCUT2D eigenvalue weighted by molar-refractivity contribution is 7.88. The fourth-order valence-electron chi connectivity index (χ4n) is 3.44. The zero-order chi connectivity index (χ0) is 18.9. The lowest BCUT2D eigenvalue weighted by Gasteiger charge is -2.37. The summed E-state index contributed by atoms with van der Waals surface area (Å²) >= 11 is 0. The Hall–Kier alpha value is -1.45. The number of rotatable bonds is 8. The Kier molecular flexibility index (Phi) is 5.69. The van der Waals surface area contributed by atoms with E-state index in [2.05, 4.69) is 5.10 Å². The van der Waals surface area contributed by atoms with Crippen LogP contribution in [0, 0.1) is 12.8 Å². The van der Waals surface area contributed by atoms with Crippen LogP contribution in [0.25, 0.3) is 0 Å². The van der Waals surface area contributed by atoms with Gasteiger partial charge in [0.1, 0.15) is 11.9 Å². The van der Waals surface area contributed by atoms with E-state index in [9.17, 15) is 13.2 Å². The van der Waals surface area contributed by atoms with E-state index in [1.807, 2.05) is 13.0 Å². The average Bonchev–Trinajstić information content (AvgIpc) is 3.31. The van der Waals surface area contributed by atoms with Crippen molar-refractivity contribution in [2.24, 2.45) is 13.0 Å². The van der Waals surface area contributed by atoms with Crippen molar-refractivity contribution in [2.45, 2.75) is 38.6 Å². The van der Waals surface area contributed by atoms with Crippen LogP contribution in [0.3, 0.4) is 0 Å². The molecule has 0 aromatic carbocycles. The van der Waals surface area contributed by atoms with Gasteiger partial charge in [-0.05, 0) is 38.5 Å². The number of aryl methyl sites for hydroxylation is 2. The number of ether oxygens (including phenoxy) is 1. The molecule has 0 spiro atoms. The van der Waals surface area contributed by atoms with Gasteiger partial charge in [0.05, 0.1) is 18.6 Å². The van der Waals surface area contributed by atoms with Gasteiger partial charge >= 0.3 is 0 Å². The minimum Gasteiger partial charge on any atom is -0.380 e. The van der Waals surface area contributed by atoms with Crippen LogP contribution in [0.5, 0.6) is 0 Å². The first-order valence-electron chi connectivity index (χ1n) is 9.14. The van der Waals surface area contributed by atoms with Crippen molar-refractivity contribution in [3.8, 4) is 0 Å². The predicted molar refractivity (Wildman–Crippen MR) is 98.4 cm³/mol. The Bertz CT molecular complexity index is 757. The van der Waals surface area contributed by atoms with E-state index in [-0.39, 0.29) is 12.5 Å². The topological polar surface area (TPSA) is 84.7 Å². The lowest BCUT2D eigenvalue weighted by molar-refractivity contribution is -0.123. The Morgan fingerprint density at radius 2 is 2.08 bits per heavy atom. The van der Waals surface area contributed by atoms with Gasteiger partial charge in [0.25, 0.3) is 0 Å². The number of carbonyl (C=O) groups is 1. The molecule has 0 bridgehead atoms. The van der Waals surface area contributed by atoms with Crippen LogP contribution < -0.4 is 4.90 Å². The first-order valence-corrected chi connectivity index (χ1v) is 11.0. The number of sulfonamides is 1. The van der Waals surface area contributed by atoms with E-state index in [4.69, 9.17) is 4.74 Å². The molecular formula is C17H28N4O4S. The molecule has 2 fully saturated rings. The van der Waals surface area contributed by atoms with Crippen LogP contribution in [0.1, 0.15) is 31.4 Å². The van der Waals surface area contributed by atoms with E-state index in [0.29, 0.717) is 37.9 Å². The average molecular weight is 385 g/mol. The Labute approximate surface area is 155 Å². The molecule has 1 aliphatic carbocycles. The van der Waals surface area contributed by atoms with Gasteiger partial charge in [0, 0.05) is 32.8 Å². The largest absolute Gasteiger partial charge is 0.380 e.